The number of methoxy groups -OCH3 is 2. The van der Waals surface area contributed by atoms with Gasteiger partial charge in [-0.3, -0.25) is 4.79 Å². The fourth-order valence-electron chi connectivity index (χ4n) is 2.65. The third-order valence-corrected chi connectivity index (χ3v) is 4.75. The summed E-state index contributed by atoms with van der Waals surface area (Å²) in [7, 11) is 3.20. The Morgan fingerprint density at radius 2 is 1.86 bits per heavy atom. The molecular weight excluding hydrogens is 334 g/mol. The number of carbonyl (C=O) groups is 1. The SMILES string of the molecule is COc1ccc(CC(=O)NC2CCC(Br)CC2)cc1OC. The van der Waals surface area contributed by atoms with Crippen molar-refractivity contribution in [2.75, 3.05) is 14.2 Å². The Morgan fingerprint density at radius 1 is 1.19 bits per heavy atom. The van der Waals surface area contributed by atoms with Gasteiger partial charge in [0.2, 0.25) is 5.91 Å². The van der Waals surface area contributed by atoms with Crippen LogP contribution < -0.4 is 14.8 Å². The van der Waals surface area contributed by atoms with Gasteiger partial charge in [0.05, 0.1) is 20.6 Å². The Kier molecular flexibility index (Phi) is 5.91. The first kappa shape index (κ1) is 16.1. The van der Waals surface area contributed by atoms with Crippen LogP contribution in [-0.4, -0.2) is 31.0 Å². The van der Waals surface area contributed by atoms with Gasteiger partial charge >= 0.3 is 0 Å². The lowest BCUT2D eigenvalue weighted by Gasteiger charge is -2.26. The summed E-state index contributed by atoms with van der Waals surface area (Å²) in [5, 5.41) is 3.12. The number of alkyl halides is 1. The molecule has 0 bridgehead atoms. The highest BCUT2D eigenvalue weighted by atomic mass is 79.9. The van der Waals surface area contributed by atoms with E-state index < -0.39 is 0 Å². The smallest absolute Gasteiger partial charge is 0.224 e. The summed E-state index contributed by atoms with van der Waals surface area (Å²) in [6.07, 6.45) is 4.72. The van der Waals surface area contributed by atoms with Gasteiger partial charge in [0.25, 0.3) is 0 Å². The molecule has 1 aliphatic rings. The predicted octanol–water partition coefficient (Wildman–Crippen LogP) is 3.07. The maximum Gasteiger partial charge on any atom is 0.224 e. The maximum absolute atomic E-state index is 12.1. The van der Waals surface area contributed by atoms with Crippen molar-refractivity contribution >= 4 is 21.8 Å². The van der Waals surface area contributed by atoms with Crippen molar-refractivity contribution in [3.63, 3.8) is 0 Å². The van der Waals surface area contributed by atoms with Gasteiger partial charge in [0.1, 0.15) is 0 Å². The highest BCUT2D eigenvalue weighted by molar-refractivity contribution is 9.09. The average Bonchev–Trinajstić information content (AvgIpc) is 2.49. The van der Waals surface area contributed by atoms with Crippen molar-refractivity contribution in [2.24, 2.45) is 0 Å². The molecule has 0 radical (unpaired) electrons. The number of nitrogens with one attached hydrogen (secondary N) is 1. The summed E-state index contributed by atoms with van der Waals surface area (Å²) >= 11 is 3.63. The first-order valence-corrected chi connectivity index (χ1v) is 8.18. The van der Waals surface area contributed by atoms with Crippen LogP contribution >= 0.6 is 15.9 Å². The summed E-state index contributed by atoms with van der Waals surface area (Å²) < 4.78 is 10.5. The van der Waals surface area contributed by atoms with Gasteiger partial charge in [0, 0.05) is 10.9 Å². The summed E-state index contributed by atoms with van der Waals surface area (Å²) in [6.45, 7) is 0. The number of ether oxygens (including phenoxy) is 2. The molecule has 0 saturated heterocycles. The Balaban J connectivity index is 1.90. The minimum absolute atomic E-state index is 0.0697. The molecule has 1 amide bonds. The average molecular weight is 356 g/mol. The molecule has 5 heteroatoms. The van der Waals surface area contributed by atoms with E-state index in [2.05, 4.69) is 21.2 Å². The van der Waals surface area contributed by atoms with E-state index in [1.807, 2.05) is 18.2 Å². The van der Waals surface area contributed by atoms with Crippen LogP contribution in [0.25, 0.3) is 0 Å². The number of rotatable bonds is 5. The molecule has 0 aliphatic heterocycles. The Morgan fingerprint density at radius 3 is 2.48 bits per heavy atom. The summed E-state index contributed by atoms with van der Waals surface area (Å²) in [4.78, 5) is 12.7. The zero-order chi connectivity index (χ0) is 15.2. The zero-order valence-corrected chi connectivity index (χ0v) is 14.1. The number of carbonyl (C=O) groups excluding carboxylic acids is 1. The third-order valence-electron chi connectivity index (χ3n) is 3.83. The first-order chi connectivity index (χ1) is 10.1. The summed E-state index contributed by atoms with van der Waals surface area (Å²) in [5.74, 6) is 1.40. The number of hydrogen-bond donors (Lipinski definition) is 1. The fraction of sp³-hybridized carbons (Fsp3) is 0.562. The Bertz CT molecular complexity index is 484. The lowest BCUT2D eigenvalue weighted by atomic mass is 9.95. The lowest BCUT2D eigenvalue weighted by Crippen LogP contribution is -2.38. The van der Waals surface area contributed by atoms with Crippen LogP contribution in [0.4, 0.5) is 0 Å². The highest BCUT2D eigenvalue weighted by Gasteiger charge is 2.20. The lowest BCUT2D eigenvalue weighted by molar-refractivity contribution is -0.121. The van der Waals surface area contributed by atoms with Crippen LogP contribution in [0.15, 0.2) is 18.2 Å². The van der Waals surface area contributed by atoms with E-state index in [0.29, 0.717) is 28.8 Å². The second kappa shape index (κ2) is 7.69. The second-order valence-electron chi connectivity index (χ2n) is 5.38. The molecule has 0 heterocycles. The molecule has 0 aromatic heterocycles. The minimum Gasteiger partial charge on any atom is -0.493 e. The van der Waals surface area contributed by atoms with E-state index in [9.17, 15) is 4.79 Å². The largest absolute Gasteiger partial charge is 0.493 e. The fourth-order valence-corrected chi connectivity index (χ4v) is 3.18. The van der Waals surface area contributed by atoms with Crippen molar-refractivity contribution < 1.29 is 14.3 Å². The quantitative estimate of drug-likeness (QED) is 0.825. The van der Waals surface area contributed by atoms with E-state index >= 15 is 0 Å². The Hall–Kier alpha value is -1.23. The summed E-state index contributed by atoms with van der Waals surface area (Å²) in [6, 6.07) is 5.90. The molecule has 21 heavy (non-hydrogen) atoms. The highest BCUT2D eigenvalue weighted by Crippen LogP contribution is 2.28. The van der Waals surface area contributed by atoms with Gasteiger partial charge in [-0.2, -0.15) is 0 Å². The van der Waals surface area contributed by atoms with Crippen LogP contribution in [0, 0.1) is 0 Å². The molecule has 1 N–H and O–H groups in total. The van der Waals surface area contributed by atoms with Crippen molar-refractivity contribution in [1.29, 1.82) is 0 Å². The zero-order valence-electron chi connectivity index (χ0n) is 12.5. The molecule has 1 aliphatic carbocycles. The topological polar surface area (TPSA) is 47.6 Å². The minimum atomic E-state index is 0.0697. The van der Waals surface area contributed by atoms with Gasteiger partial charge < -0.3 is 14.8 Å². The molecule has 2 rings (SSSR count). The van der Waals surface area contributed by atoms with Crippen molar-refractivity contribution in [2.45, 2.75) is 43.0 Å². The van der Waals surface area contributed by atoms with Gasteiger partial charge in [-0.15, -0.1) is 0 Å². The van der Waals surface area contributed by atoms with Gasteiger partial charge in [-0.05, 0) is 43.4 Å². The third kappa shape index (κ3) is 4.63. The molecule has 0 unspecified atom stereocenters. The molecule has 1 fully saturated rings. The van der Waals surface area contributed by atoms with Crippen LogP contribution in [0.3, 0.4) is 0 Å². The number of halogens is 1. The van der Waals surface area contributed by atoms with Crippen LogP contribution in [0.2, 0.25) is 0 Å². The van der Waals surface area contributed by atoms with Gasteiger partial charge in [0.15, 0.2) is 11.5 Å². The molecule has 4 nitrogen and oxygen atoms in total. The standard InChI is InChI=1S/C16H22BrNO3/c1-20-14-8-3-11(9-15(14)21-2)10-16(19)18-13-6-4-12(17)5-7-13/h3,8-9,12-13H,4-7,10H2,1-2H3,(H,18,19). The number of benzene rings is 1. The monoisotopic (exact) mass is 355 g/mol. The van der Waals surface area contributed by atoms with E-state index in [1.54, 1.807) is 14.2 Å². The molecule has 1 aromatic rings. The second-order valence-corrected chi connectivity index (χ2v) is 6.68. The van der Waals surface area contributed by atoms with Crippen molar-refractivity contribution in [3.05, 3.63) is 23.8 Å². The predicted molar refractivity (Wildman–Crippen MR) is 86.4 cm³/mol. The van der Waals surface area contributed by atoms with E-state index in [1.165, 1.54) is 0 Å². The van der Waals surface area contributed by atoms with E-state index in [0.717, 1.165) is 31.2 Å². The van der Waals surface area contributed by atoms with Crippen LogP contribution in [0.5, 0.6) is 11.5 Å². The van der Waals surface area contributed by atoms with Gasteiger partial charge in [-0.25, -0.2) is 0 Å². The normalized spacial score (nSPS) is 21.7. The molecule has 116 valence electrons. The van der Waals surface area contributed by atoms with Crippen LogP contribution in [-0.2, 0) is 11.2 Å². The number of amides is 1. The molecule has 1 aromatic carbocycles. The van der Waals surface area contributed by atoms with Crippen LogP contribution in [0.1, 0.15) is 31.2 Å². The number of hydrogen-bond acceptors (Lipinski definition) is 3. The van der Waals surface area contributed by atoms with E-state index in [4.69, 9.17) is 9.47 Å². The first-order valence-electron chi connectivity index (χ1n) is 7.26. The van der Waals surface area contributed by atoms with Crippen molar-refractivity contribution in [3.8, 4) is 11.5 Å². The molecule has 1 saturated carbocycles. The molecule has 0 atom stereocenters. The summed E-state index contributed by atoms with van der Waals surface area (Å²) in [5.41, 5.74) is 0.930. The molecule has 0 spiro atoms. The maximum atomic E-state index is 12.1. The van der Waals surface area contributed by atoms with Gasteiger partial charge in [-0.1, -0.05) is 22.0 Å². The Labute approximate surface area is 134 Å². The van der Waals surface area contributed by atoms with E-state index in [-0.39, 0.29) is 5.91 Å². The van der Waals surface area contributed by atoms with Crippen molar-refractivity contribution in [1.82, 2.24) is 5.32 Å². The molecular formula is C16H22BrNO3.